The van der Waals surface area contributed by atoms with E-state index in [9.17, 15) is 0 Å². The van der Waals surface area contributed by atoms with Gasteiger partial charge in [0.15, 0.2) is 5.96 Å². The van der Waals surface area contributed by atoms with Crippen molar-refractivity contribution in [2.75, 3.05) is 27.7 Å². The lowest BCUT2D eigenvalue weighted by molar-refractivity contribution is 0.283. The summed E-state index contributed by atoms with van der Waals surface area (Å²) in [5, 5.41) is 7.01. The molecule has 1 aliphatic rings. The van der Waals surface area contributed by atoms with Gasteiger partial charge in [-0.05, 0) is 49.9 Å². The number of nitrogens with zero attached hydrogens (tertiary/aromatic N) is 2. The van der Waals surface area contributed by atoms with Gasteiger partial charge in [0, 0.05) is 26.7 Å². The van der Waals surface area contributed by atoms with E-state index in [1.807, 2.05) is 7.05 Å². The number of nitrogens with one attached hydrogen (secondary N) is 2. The predicted molar refractivity (Wildman–Crippen MR) is 119 cm³/mol. The molecular weight excluding hydrogens is 423 g/mol. The Hall–Kier alpha value is -0.820. The number of halogens is 1. The summed E-state index contributed by atoms with van der Waals surface area (Å²) in [5.41, 5.74) is 3.12. The minimum Gasteiger partial charge on any atom is -0.356 e. The number of rotatable bonds is 7. The van der Waals surface area contributed by atoms with Gasteiger partial charge in [-0.1, -0.05) is 44.0 Å². The summed E-state index contributed by atoms with van der Waals surface area (Å²) in [6.07, 6.45) is 6.70. The summed E-state index contributed by atoms with van der Waals surface area (Å²) in [6.45, 7) is 5.13. The van der Waals surface area contributed by atoms with Crippen LogP contribution in [0.1, 0.15) is 50.2 Å². The van der Waals surface area contributed by atoms with E-state index in [-0.39, 0.29) is 24.0 Å². The van der Waals surface area contributed by atoms with E-state index in [1.165, 1.54) is 43.2 Å². The Labute approximate surface area is 170 Å². The Bertz CT molecular complexity index is 536. The molecule has 25 heavy (non-hydrogen) atoms. The van der Waals surface area contributed by atoms with E-state index in [0.29, 0.717) is 5.41 Å². The Kier molecular flexibility index (Phi) is 9.79. The number of aliphatic imine (C=N–C) groups is 1. The van der Waals surface area contributed by atoms with E-state index >= 15 is 0 Å². The minimum absolute atomic E-state index is 0. The number of benzene rings is 1. The lowest BCUT2D eigenvalue weighted by Crippen LogP contribution is -2.42. The van der Waals surface area contributed by atoms with Crippen LogP contribution >= 0.6 is 24.0 Å². The highest BCUT2D eigenvalue weighted by Crippen LogP contribution is 2.40. The van der Waals surface area contributed by atoms with Crippen LogP contribution in [-0.2, 0) is 13.1 Å². The molecule has 2 rings (SSSR count). The SMILES string of the molecule is CCC1(CNC(=NC)NCc2cccc(CN(C)C)c2)CCCC1.I. The van der Waals surface area contributed by atoms with Crippen LogP contribution in [0, 0.1) is 5.41 Å². The standard InChI is InChI=1S/C20H34N4.HI/c1-5-20(11-6-7-12-20)16-23-19(21-2)22-14-17-9-8-10-18(13-17)15-24(3)4;/h8-10,13H,5-7,11-12,14-16H2,1-4H3,(H2,21,22,23);1H. The highest BCUT2D eigenvalue weighted by Gasteiger charge is 2.31. The van der Waals surface area contributed by atoms with Gasteiger partial charge in [-0.15, -0.1) is 24.0 Å². The lowest BCUT2D eigenvalue weighted by Gasteiger charge is -2.28. The topological polar surface area (TPSA) is 39.7 Å². The fourth-order valence-electron chi connectivity index (χ4n) is 3.66. The fourth-order valence-corrected chi connectivity index (χ4v) is 3.66. The maximum Gasteiger partial charge on any atom is 0.191 e. The van der Waals surface area contributed by atoms with Gasteiger partial charge >= 0.3 is 0 Å². The minimum atomic E-state index is 0. The molecule has 1 aliphatic carbocycles. The molecular formula is C20H35IN4. The summed E-state index contributed by atoms with van der Waals surface area (Å²) in [4.78, 5) is 6.58. The molecule has 0 saturated heterocycles. The molecule has 2 N–H and O–H groups in total. The first-order chi connectivity index (χ1) is 11.6. The summed E-state index contributed by atoms with van der Waals surface area (Å²) in [7, 11) is 6.05. The molecule has 0 radical (unpaired) electrons. The second-order valence-corrected chi connectivity index (χ2v) is 7.40. The second-order valence-electron chi connectivity index (χ2n) is 7.40. The van der Waals surface area contributed by atoms with Gasteiger partial charge in [0.05, 0.1) is 0 Å². The van der Waals surface area contributed by atoms with E-state index in [1.54, 1.807) is 0 Å². The number of guanidine groups is 1. The smallest absolute Gasteiger partial charge is 0.191 e. The zero-order valence-electron chi connectivity index (χ0n) is 16.3. The zero-order chi connectivity index (χ0) is 17.4. The van der Waals surface area contributed by atoms with E-state index < -0.39 is 0 Å². The van der Waals surface area contributed by atoms with Crippen molar-refractivity contribution in [3.05, 3.63) is 35.4 Å². The summed E-state index contributed by atoms with van der Waals surface area (Å²) < 4.78 is 0. The van der Waals surface area contributed by atoms with Crippen molar-refractivity contribution in [3.63, 3.8) is 0 Å². The van der Waals surface area contributed by atoms with Crippen LogP contribution in [0.25, 0.3) is 0 Å². The predicted octanol–water partition coefficient (Wildman–Crippen LogP) is 4.00. The van der Waals surface area contributed by atoms with Gasteiger partial charge in [0.1, 0.15) is 0 Å². The molecule has 5 heteroatoms. The first kappa shape index (κ1) is 22.2. The van der Waals surface area contributed by atoms with Crippen molar-refractivity contribution < 1.29 is 0 Å². The average molecular weight is 458 g/mol. The maximum absolute atomic E-state index is 4.39. The molecule has 0 atom stereocenters. The monoisotopic (exact) mass is 458 g/mol. The van der Waals surface area contributed by atoms with Gasteiger partial charge in [0.25, 0.3) is 0 Å². The third kappa shape index (κ3) is 7.13. The van der Waals surface area contributed by atoms with Crippen LogP contribution in [0.3, 0.4) is 0 Å². The molecule has 1 saturated carbocycles. The molecule has 0 spiro atoms. The highest BCUT2D eigenvalue weighted by atomic mass is 127. The van der Waals surface area contributed by atoms with Crippen LogP contribution < -0.4 is 10.6 Å². The summed E-state index contributed by atoms with van der Waals surface area (Å²) in [6, 6.07) is 8.76. The van der Waals surface area contributed by atoms with Crippen molar-refractivity contribution in [3.8, 4) is 0 Å². The average Bonchev–Trinajstić information content (AvgIpc) is 3.04. The van der Waals surface area contributed by atoms with Crippen molar-refractivity contribution in [1.82, 2.24) is 15.5 Å². The Balaban J connectivity index is 0.00000312. The van der Waals surface area contributed by atoms with Crippen LogP contribution in [-0.4, -0.2) is 38.5 Å². The van der Waals surface area contributed by atoms with E-state index in [0.717, 1.165) is 25.6 Å². The molecule has 4 nitrogen and oxygen atoms in total. The zero-order valence-corrected chi connectivity index (χ0v) is 18.6. The van der Waals surface area contributed by atoms with Crippen molar-refractivity contribution >= 4 is 29.9 Å². The fraction of sp³-hybridized carbons (Fsp3) is 0.650. The lowest BCUT2D eigenvalue weighted by atomic mass is 9.83. The van der Waals surface area contributed by atoms with Crippen molar-refractivity contribution in [2.24, 2.45) is 10.4 Å². The number of hydrogen-bond donors (Lipinski definition) is 2. The van der Waals surface area contributed by atoms with Gasteiger partial charge in [0.2, 0.25) is 0 Å². The van der Waals surface area contributed by atoms with Crippen LogP contribution in [0.5, 0.6) is 0 Å². The first-order valence-electron chi connectivity index (χ1n) is 9.24. The van der Waals surface area contributed by atoms with Crippen LogP contribution in [0.15, 0.2) is 29.3 Å². The molecule has 1 aromatic carbocycles. The maximum atomic E-state index is 4.39. The molecule has 0 unspecified atom stereocenters. The second kappa shape index (κ2) is 11.0. The van der Waals surface area contributed by atoms with Crippen LogP contribution in [0.2, 0.25) is 0 Å². The quantitative estimate of drug-likeness (QED) is 0.369. The first-order valence-corrected chi connectivity index (χ1v) is 9.24. The molecule has 0 aliphatic heterocycles. The third-order valence-electron chi connectivity index (χ3n) is 5.22. The molecule has 0 aromatic heterocycles. The molecule has 142 valence electrons. The summed E-state index contributed by atoms with van der Waals surface area (Å²) in [5.74, 6) is 0.910. The highest BCUT2D eigenvalue weighted by molar-refractivity contribution is 14.0. The third-order valence-corrected chi connectivity index (χ3v) is 5.22. The van der Waals surface area contributed by atoms with Crippen molar-refractivity contribution in [1.29, 1.82) is 0 Å². The number of hydrogen-bond acceptors (Lipinski definition) is 2. The van der Waals surface area contributed by atoms with Gasteiger partial charge in [-0.3, -0.25) is 4.99 Å². The molecule has 0 bridgehead atoms. The normalized spacial score (nSPS) is 16.6. The van der Waals surface area contributed by atoms with Gasteiger partial charge in [-0.2, -0.15) is 0 Å². The Morgan fingerprint density at radius 3 is 2.44 bits per heavy atom. The largest absolute Gasteiger partial charge is 0.356 e. The van der Waals surface area contributed by atoms with E-state index in [2.05, 4.69) is 65.8 Å². The van der Waals surface area contributed by atoms with E-state index in [4.69, 9.17) is 0 Å². The molecule has 0 heterocycles. The Morgan fingerprint density at radius 2 is 1.84 bits per heavy atom. The van der Waals surface area contributed by atoms with Crippen molar-refractivity contribution in [2.45, 2.75) is 52.1 Å². The summed E-state index contributed by atoms with van der Waals surface area (Å²) >= 11 is 0. The molecule has 1 aromatic rings. The van der Waals surface area contributed by atoms with Gasteiger partial charge in [-0.25, -0.2) is 0 Å². The van der Waals surface area contributed by atoms with Gasteiger partial charge < -0.3 is 15.5 Å². The Morgan fingerprint density at radius 1 is 1.16 bits per heavy atom. The molecule has 0 amide bonds. The molecule has 1 fully saturated rings. The van der Waals surface area contributed by atoms with Crippen LogP contribution in [0.4, 0.5) is 0 Å².